The molecule has 1 aromatic heterocycles. The minimum absolute atomic E-state index is 0.152. The van der Waals surface area contributed by atoms with E-state index < -0.39 is 18.2 Å². The highest BCUT2D eigenvalue weighted by atomic mass is 16.3. The lowest BCUT2D eigenvalue weighted by atomic mass is 10.1. The summed E-state index contributed by atoms with van der Waals surface area (Å²) in [6.45, 7) is 0.829. The number of para-hydroxylation sites is 1. The van der Waals surface area contributed by atoms with E-state index in [0.717, 1.165) is 16.5 Å². The molecule has 102 valence electrons. The molecule has 0 radical (unpaired) electrons. The third kappa shape index (κ3) is 2.15. The first-order chi connectivity index (χ1) is 9.20. The van der Waals surface area contributed by atoms with E-state index in [1.807, 2.05) is 35.4 Å². The van der Waals surface area contributed by atoms with Gasteiger partial charge in [-0.05, 0) is 11.6 Å². The minimum atomic E-state index is -0.879. The lowest BCUT2D eigenvalue weighted by Gasteiger charge is -2.23. The first kappa shape index (κ1) is 12.6. The van der Waals surface area contributed by atoms with Gasteiger partial charge >= 0.3 is 0 Å². The number of aromatic nitrogens is 1. The average molecular weight is 262 g/mol. The number of hydrogen-bond acceptors (Lipinski definition) is 4. The molecule has 3 rings (SSSR count). The van der Waals surface area contributed by atoms with Gasteiger partial charge in [-0.15, -0.1) is 0 Å². The van der Waals surface area contributed by atoms with Crippen LogP contribution in [0.25, 0.3) is 10.9 Å². The lowest BCUT2D eigenvalue weighted by Crippen LogP contribution is -2.38. The Morgan fingerprint density at radius 3 is 2.84 bits per heavy atom. The number of H-pyrrole nitrogens is 1. The fourth-order valence-corrected chi connectivity index (χ4v) is 2.84. The number of β-amino-alcohol motifs (C(OH)–C–C–N with tert-alkyl or cyclic N) is 1. The fraction of sp³-hybridized carbons (Fsp3) is 0.429. The SMILES string of the molecule is OC[C@@H]1[C@@H](O)[C@@H](O)CN1Cc1c[nH]c2ccccc12. The van der Waals surface area contributed by atoms with Gasteiger partial charge in [0.05, 0.1) is 24.9 Å². The van der Waals surface area contributed by atoms with Crippen molar-refractivity contribution in [3.63, 3.8) is 0 Å². The third-order valence-electron chi connectivity index (χ3n) is 3.91. The Hall–Kier alpha value is -1.40. The van der Waals surface area contributed by atoms with Crippen LogP contribution < -0.4 is 0 Å². The maximum atomic E-state index is 9.81. The van der Waals surface area contributed by atoms with Crippen LogP contribution in [-0.4, -0.2) is 56.6 Å². The van der Waals surface area contributed by atoms with Crippen molar-refractivity contribution in [2.24, 2.45) is 0 Å². The zero-order chi connectivity index (χ0) is 13.4. The van der Waals surface area contributed by atoms with Crippen molar-refractivity contribution in [1.29, 1.82) is 0 Å². The molecule has 0 saturated carbocycles. The monoisotopic (exact) mass is 262 g/mol. The largest absolute Gasteiger partial charge is 0.395 e. The molecule has 4 N–H and O–H groups in total. The topological polar surface area (TPSA) is 79.7 Å². The molecule has 1 aromatic carbocycles. The lowest BCUT2D eigenvalue weighted by molar-refractivity contribution is 0.0210. The maximum absolute atomic E-state index is 9.81. The summed E-state index contributed by atoms with van der Waals surface area (Å²) in [5.41, 5.74) is 2.17. The van der Waals surface area contributed by atoms with E-state index in [1.165, 1.54) is 0 Å². The Morgan fingerprint density at radius 2 is 2.05 bits per heavy atom. The van der Waals surface area contributed by atoms with Crippen LogP contribution >= 0.6 is 0 Å². The highest BCUT2D eigenvalue weighted by molar-refractivity contribution is 5.82. The number of aliphatic hydroxyl groups excluding tert-OH is 3. The Kier molecular flexibility index (Phi) is 3.28. The van der Waals surface area contributed by atoms with Crippen LogP contribution in [0.5, 0.6) is 0 Å². The van der Waals surface area contributed by atoms with Crippen LogP contribution in [0.3, 0.4) is 0 Å². The molecule has 3 atom stereocenters. The second-order valence-electron chi connectivity index (χ2n) is 5.10. The van der Waals surface area contributed by atoms with Gasteiger partial charge in [-0.2, -0.15) is 0 Å². The maximum Gasteiger partial charge on any atom is 0.0988 e. The van der Waals surface area contributed by atoms with Crippen molar-refractivity contribution < 1.29 is 15.3 Å². The van der Waals surface area contributed by atoms with Crippen LogP contribution in [0, 0.1) is 0 Å². The van der Waals surface area contributed by atoms with Gasteiger partial charge in [0, 0.05) is 30.2 Å². The number of aliphatic hydroxyl groups is 3. The van der Waals surface area contributed by atoms with Crippen molar-refractivity contribution in [1.82, 2.24) is 9.88 Å². The van der Waals surface area contributed by atoms with E-state index in [1.54, 1.807) is 0 Å². The van der Waals surface area contributed by atoms with Crippen molar-refractivity contribution in [3.05, 3.63) is 36.0 Å². The second-order valence-corrected chi connectivity index (χ2v) is 5.10. The van der Waals surface area contributed by atoms with E-state index >= 15 is 0 Å². The van der Waals surface area contributed by atoms with Crippen molar-refractivity contribution >= 4 is 10.9 Å². The molecule has 0 spiro atoms. The van der Waals surface area contributed by atoms with Gasteiger partial charge < -0.3 is 20.3 Å². The number of hydrogen-bond donors (Lipinski definition) is 4. The predicted octanol–water partition coefficient (Wildman–Crippen LogP) is 0.0662. The zero-order valence-electron chi connectivity index (χ0n) is 10.5. The molecule has 1 saturated heterocycles. The summed E-state index contributed by atoms with van der Waals surface area (Å²) in [6.07, 6.45) is 0.272. The summed E-state index contributed by atoms with van der Waals surface area (Å²) in [5.74, 6) is 0. The molecule has 0 amide bonds. The average Bonchev–Trinajstić information content (AvgIpc) is 2.93. The molecule has 1 fully saturated rings. The molecule has 0 aliphatic carbocycles. The van der Waals surface area contributed by atoms with Gasteiger partial charge in [0.25, 0.3) is 0 Å². The molecular formula is C14H18N2O3. The molecular weight excluding hydrogens is 244 g/mol. The summed E-state index contributed by atoms with van der Waals surface area (Å²) in [4.78, 5) is 5.12. The van der Waals surface area contributed by atoms with Gasteiger partial charge in [-0.3, -0.25) is 4.90 Å². The molecule has 5 heteroatoms. The molecule has 1 aliphatic rings. The van der Waals surface area contributed by atoms with Crippen LogP contribution in [0.2, 0.25) is 0 Å². The number of likely N-dealkylation sites (tertiary alicyclic amines) is 1. The van der Waals surface area contributed by atoms with E-state index in [-0.39, 0.29) is 6.61 Å². The summed E-state index contributed by atoms with van der Waals surface area (Å²) >= 11 is 0. The van der Waals surface area contributed by atoms with Gasteiger partial charge in [-0.25, -0.2) is 0 Å². The van der Waals surface area contributed by atoms with Crippen LogP contribution in [0.4, 0.5) is 0 Å². The number of nitrogens with zero attached hydrogens (tertiary/aromatic N) is 1. The van der Waals surface area contributed by atoms with E-state index in [4.69, 9.17) is 0 Å². The van der Waals surface area contributed by atoms with Crippen molar-refractivity contribution in [3.8, 4) is 0 Å². The van der Waals surface area contributed by atoms with Gasteiger partial charge in [0.15, 0.2) is 0 Å². The van der Waals surface area contributed by atoms with E-state index in [9.17, 15) is 15.3 Å². The number of benzene rings is 1. The first-order valence-corrected chi connectivity index (χ1v) is 6.46. The minimum Gasteiger partial charge on any atom is -0.395 e. The first-order valence-electron chi connectivity index (χ1n) is 6.46. The van der Waals surface area contributed by atoms with E-state index in [0.29, 0.717) is 13.1 Å². The molecule has 5 nitrogen and oxygen atoms in total. The summed E-state index contributed by atoms with van der Waals surface area (Å²) in [7, 11) is 0. The Balaban J connectivity index is 1.85. The number of fused-ring (bicyclic) bond motifs is 1. The molecule has 2 aromatic rings. The smallest absolute Gasteiger partial charge is 0.0988 e. The van der Waals surface area contributed by atoms with Gasteiger partial charge in [0.1, 0.15) is 0 Å². The molecule has 0 unspecified atom stereocenters. The normalized spacial score (nSPS) is 28.3. The zero-order valence-corrected chi connectivity index (χ0v) is 10.5. The van der Waals surface area contributed by atoms with Crippen LogP contribution in [0.15, 0.2) is 30.5 Å². The van der Waals surface area contributed by atoms with Crippen LogP contribution in [-0.2, 0) is 6.54 Å². The molecule has 0 bridgehead atoms. The van der Waals surface area contributed by atoms with Crippen LogP contribution in [0.1, 0.15) is 5.56 Å². The summed E-state index contributed by atoms with van der Waals surface area (Å²) in [5, 5.41) is 30.0. The Morgan fingerprint density at radius 1 is 1.26 bits per heavy atom. The quantitative estimate of drug-likeness (QED) is 0.631. The molecule has 2 heterocycles. The second kappa shape index (κ2) is 4.94. The fourth-order valence-electron chi connectivity index (χ4n) is 2.84. The van der Waals surface area contributed by atoms with Crippen molar-refractivity contribution in [2.75, 3.05) is 13.2 Å². The number of rotatable bonds is 3. The van der Waals surface area contributed by atoms with E-state index in [2.05, 4.69) is 4.98 Å². The standard InChI is InChI=1S/C14H18N2O3/c17-8-12-14(19)13(18)7-16(12)6-9-5-15-11-4-2-1-3-10(9)11/h1-5,12-15,17-19H,6-8H2/t12-,13+,14-/m1/s1. The number of aromatic amines is 1. The predicted molar refractivity (Wildman–Crippen MR) is 71.6 cm³/mol. The Labute approximate surface area is 111 Å². The highest BCUT2D eigenvalue weighted by Gasteiger charge is 2.39. The molecule has 19 heavy (non-hydrogen) atoms. The summed E-state index contributed by atoms with van der Waals surface area (Å²) < 4.78 is 0. The third-order valence-corrected chi connectivity index (χ3v) is 3.91. The highest BCUT2D eigenvalue weighted by Crippen LogP contribution is 2.24. The van der Waals surface area contributed by atoms with Gasteiger partial charge in [-0.1, -0.05) is 18.2 Å². The Bertz CT molecular complexity index is 569. The number of nitrogens with one attached hydrogen (secondary N) is 1. The van der Waals surface area contributed by atoms with Crippen molar-refractivity contribution in [2.45, 2.75) is 24.8 Å². The van der Waals surface area contributed by atoms with Gasteiger partial charge in [0.2, 0.25) is 0 Å². The molecule has 1 aliphatic heterocycles. The summed E-state index contributed by atoms with van der Waals surface area (Å²) in [6, 6.07) is 7.61.